The zero-order valence-corrected chi connectivity index (χ0v) is 11.0. The quantitative estimate of drug-likeness (QED) is 0.809. The zero-order chi connectivity index (χ0) is 13.0. The summed E-state index contributed by atoms with van der Waals surface area (Å²) in [5.41, 5.74) is 6.89. The first-order valence-corrected chi connectivity index (χ1v) is 6.91. The van der Waals surface area contributed by atoms with Gasteiger partial charge in [-0.05, 0) is 25.2 Å². The van der Waals surface area contributed by atoms with Gasteiger partial charge >= 0.3 is 0 Å². The molecule has 19 heavy (non-hydrogen) atoms. The normalized spacial score (nSPS) is 30.1. The molecule has 7 heteroatoms. The topological polar surface area (TPSA) is 78.8 Å². The van der Waals surface area contributed by atoms with Crippen LogP contribution in [-0.4, -0.2) is 25.6 Å². The van der Waals surface area contributed by atoms with Crippen molar-refractivity contribution in [3.05, 3.63) is 11.5 Å². The SMILES string of the molecule is Nc1nc(Cl)c2ncn(C3CC4CCCC4O3)c2n1. The molecule has 2 fully saturated rings. The van der Waals surface area contributed by atoms with E-state index in [1.54, 1.807) is 6.33 Å². The van der Waals surface area contributed by atoms with Gasteiger partial charge in [-0.1, -0.05) is 18.0 Å². The molecule has 6 nitrogen and oxygen atoms in total. The Kier molecular flexibility index (Phi) is 2.43. The minimum atomic E-state index is -0.00864. The fourth-order valence-electron chi connectivity index (χ4n) is 3.26. The first kappa shape index (κ1) is 11.4. The second-order valence-corrected chi connectivity index (χ2v) is 5.61. The van der Waals surface area contributed by atoms with Crippen LogP contribution in [0.1, 0.15) is 31.9 Å². The Morgan fingerprint density at radius 3 is 3.11 bits per heavy atom. The van der Waals surface area contributed by atoms with Gasteiger partial charge in [0.2, 0.25) is 5.95 Å². The van der Waals surface area contributed by atoms with Crippen molar-refractivity contribution in [1.82, 2.24) is 19.5 Å². The molecule has 2 aliphatic rings. The predicted molar refractivity (Wildman–Crippen MR) is 70.6 cm³/mol. The molecular formula is C12H14ClN5O. The average molecular weight is 280 g/mol. The number of nitrogen functional groups attached to an aromatic ring is 1. The molecule has 1 saturated heterocycles. The molecule has 0 spiro atoms. The molecule has 2 aromatic rings. The standard InChI is InChI=1S/C12H14ClN5O/c13-10-9-11(17-12(14)16-10)18(5-15-9)8-4-6-2-1-3-7(6)19-8/h5-8H,1-4H2,(H2,14,16,17). The maximum Gasteiger partial charge on any atom is 0.223 e. The third-order valence-electron chi connectivity index (χ3n) is 4.13. The summed E-state index contributed by atoms with van der Waals surface area (Å²) in [5, 5.41) is 0.291. The first-order valence-electron chi connectivity index (χ1n) is 6.53. The lowest BCUT2D eigenvalue weighted by atomic mass is 10.0. The minimum absolute atomic E-state index is 0.00864. The maximum atomic E-state index is 6.10. The molecule has 0 amide bonds. The number of nitrogens with two attached hydrogens (primary N) is 1. The minimum Gasteiger partial charge on any atom is -0.368 e. The first-order chi connectivity index (χ1) is 9.22. The van der Waals surface area contributed by atoms with E-state index in [1.807, 2.05) is 4.57 Å². The van der Waals surface area contributed by atoms with E-state index < -0.39 is 0 Å². The largest absolute Gasteiger partial charge is 0.368 e. The summed E-state index contributed by atoms with van der Waals surface area (Å²) in [7, 11) is 0. The van der Waals surface area contributed by atoms with Crippen LogP contribution < -0.4 is 5.73 Å². The van der Waals surface area contributed by atoms with Crippen LogP contribution in [0.4, 0.5) is 5.95 Å². The maximum absolute atomic E-state index is 6.10. The smallest absolute Gasteiger partial charge is 0.223 e. The van der Waals surface area contributed by atoms with Crippen molar-refractivity contribution in [2.45, 2.75) is 38.0 Å². The lowest BCUT2D eigenvalue weighted by Crippen LogP contribution is -2.11. The van der Waals surface area contributed by atoms with Gasteiger partial charge in [-0.25, -0.2) is 4.98 Å². The van der Waals surface area contributed by atoms with E-state index in [0.717, 1.165) is 12.8 Å². The molecule has 3 unspecified atom stereocenters. The number of rotatable bonds is 1. The monoisotopic (exact) mass is 279 g/mol. The highest BCUT2D eigenvalue weighted by Gasteiger charge is 2.39. The van der Waals surface area contributed by atoms with E-state index in [4.69, 9.17) is 22.1 Å². The Morgan fingerprint density at radius 2 is 2.26 bits per heavy atom. The summed E-state index contributed by atoms with van der Waals surface area (Å²) in [6, 6.07) is 0. The van der Waals surface area contributed by atoms with Gasteiger partial charge in [0.05, 0.1) is 12.4 Å². The molecule has 2 N–H and O–H groups in total. The third kappa shape index (κ3) is 1.70. The summed E-state index contributed by atoms with van der Waals surface area (Å²) in [5.74, 6) is 0.828. The molecule has 2 aromatic heterocycles. The molecule has 1 saturated carbocycles. The second kappa shape index (κ2) is 4.05. The van der Waals surface area contributed by atoms with Crippen LogP contribution in [0.5, 0.6) is 0 Å². The Balaban J connectivity index is 1.76. The number of nitrogens with zero attached hydrogens (tertiary/aromatic N) is 4. The number of ether oxygens (including phenoxy) is 1. The molecule has 0 bridgehead atoms. The zero-order valence-electron chi connectivity index (χ0n) is 10.3. The van der Waals surface area contributed by atoms with Crippen molar-refractivity contribution in [3.8, 4) is 0 Å². The van der Waals surface area contributed by atoms with Gasteiger partial charge < -0.3 is 10.5 Å². The van der Waals surface area contributed by atoms with Gasteiger partial charge in [-0.3, -0.25) is 4.57 Å². The molecular weight excluding hydrogens is 266 g/mol. The van der Waals surface area contributed by atoms with Crippen LogP contribution >= 0.6 is 11.6 Å². The third-order valence-corrected chi connectivity index (χ3v) is 4.40. The predicted octanol–water partition coefficient (Wildman–Crippen LogP) is 2.15. The highest BCUT2D eigenvalue weighted by Crippen LogP contribution is 2.43. The van der Waals surface area contributed by atoms with Crippen molar-refractivity contribution in [1.29, 1.82) is 0 Å². The van der Waals surface area contributed by atoms with Crippen molar-refractivity contribution < 1.29 is 4.74 Å². The van der Waals surface area contributed by atoms with E-state index >= 15 is 0 Å². The number of fused-ring (bicyclic) bond motifs is 2. The van der Waals surface area contributed by atoms with Gasteiger partial charge in [0.1, 0.15) is 11.7 Å². The van der Waals surface area contributed by atoms with E-state index in [9.17, 15) is 0 Å². The lowest BCUT2D eigenvalue weighted by Gasteiger charge is -2.14. The molecule has 3 heterocycles. The molecule has 0 radical (unpaired) electrons. The van der Waals surface area contributed by atoms with E-state index in [0.29, 0.717) is 28.3 Å². The highest BCUT2D eigenvalue weighted by molar-refractivity contribution is 6.33. The summed E-state index contributed by atoms with van der Waals surface area (Å²) in [4.78, 5) is 12.4. The Labute approximate surface area is 114 Å². The Morgan fingerprint density at radius 1 is 1.37 bits per heavy atom. The van der Waals surface area contributed by atoms with Crippen molar-refractivity contribution in [2.24, 2.45) is 5.92 Å². The van der Waals surface area contributed by atoms with Gasteiger partial charge in [-0.2, -0.15) is 9.97 Å². The molecule has 100 valence electrons. The Hall–Kier alpha value is -1.40. The van der Waals surface area contributed by atoms with Gasteiger partial charge in [0, 0.05) is 0 Å². The molecule has 3 atom stereocenters. The number of hydrogen-bond donors (Lipinski definition) is 1. The van der Waals surface area contributed by atoms with Gasteiger partial charge in [0.15, 0.2) is 10.8 Å². The van der Waals surface area contributed by atoms with Crippen LogP contribution in [-0.2, 0) is 4.74 Å². The molecule has 1 aliphatic carbocycles. The number of halogens is 1. The van der Waals surface area contributed by atoms with Crippen LogP contribution in [0.2, 0.25) is 5.15 Å². The van der Waals surface area contributed by atoms with Gasteiger partial charge in [0.25, 0.3) is 0 Å². The van der Waals surface area contributed by atoms with Crippen LogP contribution in [0.25, 0.3) is 11.2 Å². The number of imidazole rings is 1. The fraction of sp³-hybridized carbons (Fsp3) is 0.583. The van der Waals surface area contributed by atoms with Crippen molar-refractivity contribution >= 4 is 28.7 Å². The molecule has 0 aromatic carbocycles. The lowest BCUT2D eigenvalue weighted by molar-refractivity contribution is 0.00171. The van der Waals surface area contributed by atoms with Crippen LogP contribution in [0.3, 0.4) is 0 Å². The summed E-state index contributed by atoms with van der Waals surface area (Å²) in [6.07, 6.45) is 6.79. The molecule has 1 aliphatic heterocycles. The van der Waals surface area contributed by atoms with E-state index in [-0.39, 0.29) is 12.2 Å². The van der Waals surface area contributed by atoms with Gasteiger partial charge in [-0.15, -0.1) is 0 Å². The second-order valence-electron chi connectivity index (χ2n) is 5.25. The van der Waals surface area contributed by atoms with Crippen molar-refractivity contribution in [2.75, 3.05) is 5.73 Å². The summed E-state index contributed by atoms with van der Waals surface area (Å²) in [6.45, 7) is 0. The fourth-order valence-corrected chi connectivity index (χ4v) is 3.48. The summed E-state index contributed by atoms with van der Waals surface area (Å²) < 4.78 is 8.02. The average Bonchev–Trinajstić information content (AvgIpc) is 2.98. The Bertz CT molecular complexity index is 630. The van der Waals surface area contributed by atoms with E-state index in [1.165, 1.54) is 12.8 Å². The van der Waals surface area contributed by atoms with Crippen molar-refractivity contribution in [3.63, 3.8) is 0 Å². The summed E-state index contributed by atoms with van der Waals surface area (Å²) >= 11 is 6.03. The number of anilines is 1. The molecule has 4 rings (SSSR count). The number of aromatic nitrogens is 4. The number of hydrogen-bond acceptors (Lipinski definition) is 5. The van der Waals surface area contributed by atoms with E-state index in [2.05, 4.69) is 15.0 Å². The van der Waals surface area contributed by atoms with Crippen LogP contribution in [0.15, 0.2) is 6.33 Å². The van der Waals surface area contributed by atoms with Crippen LogP contribution in [0, 0.1) is 5.92 Å². The highest BCUT2D eigenvalue weighted by atomic mass is 35.5.